The Labute approximate surface area is 360 Å². The van der Waals surface area contributed by atoms with Crippen LogP contribution in [0.15, 0.2) is 97.1 Å². The van der Waals surface area contributed by atoms with Crippen molar-refractivity contribution in [2.24, 2.45) is 0 Å². The summed E-state index contributed by atoms with van der Waals surface area (Å²) in [4.78, 5) is 39.5. The van der Waals surface area contributed by atoms with Crippen LogP contribution in [0.25, 0.3) is 0 Å². The van der Waals surface area contributed by atoms with E-state index in [1.807, 2.05) is 66.7 Å². The molecule has 0 N–H and O–H groups in total. The highest BCUT2D eigenvalue weighted by molar-refractivity contribution is 5.99. The zero-order valence-corrected chi connectivity index (χ0v) is 36.6. The van der Waals surface area contributed by atoms with Gasteiger partial charge in [0, 0.05) is 31.4 Å². The number of carbonyl (C=O) groups excluding carboxylic acids is 3. The molecule has 0 heterocycles. The molecule has 0 unspecified atom stereocenters. The fourth-order valence-electron chi connectivity index (χ4n) is 7.23. The van der Waals surface area contributed by atoms with Crippen LogP contribution in [0.4, 0.5) is 0 Å². The molecule has 0 fully saturated rings. The predicted molar refractivity (Wildman–Crippen MR) is 242 cm³/mol. The Hall–Kier alpha value is -4.91. The molecule has 0 aliphatic heterocycles. The highest BCUT2D eigenvalue weighted by atomic mass is 16.5. The fourth-order valence-corrected chi connectivity index (χ4v) is 7.23. The molecule has 0 aliphatic carbocycles. The molecule has 0 atom stereocenters. The Morgan fingerprint density at radius 1 is 0.433 bits per heavy atom. The summed E-state index contributed by atoms with van der Waals surface area (Å²) in [6.07, 6.45) is 22.5. The van der Waals surface area contributed by atoms with Gasteiger partial charge in [-0.05, 0) is 54.2 Å². The van der Waals surface area contributed by atoms with E-state index in [2.05, 4.69) is 13.8 Å². The molecule has 0 saturated heterocycles. The average molecular weight is 819 g/mol. The van der Waals surface area contributed by atoms with Crippen molar-refractivity contribution in [3.05, 3.63) is 119 Å². The van der Waals surface area contributed by atoms with Crippen LogP contribution < -0.4 is 18.9 Å². The van der Waals surface area contributed by atoms with Gasteiger partial charge in [-0.15, -0.1) is 0 Å². The number of carbonyl (C=O) groups is 3. The van der Waals surface area contributed by atoms with Crippen LogP contribution in [0.5, 0.6) is 23.0 Å². The maximum absolute atomic E-state index is 13.9. The van der Waals surface area contributed by atoms with Crippen molar-refractivity contribution in [1.82, 2.24) is 0 Å². The van der Waals surface area contributed by atoms with Crippen molar-refractivity contribution < 1.29 is 33.3 Å². The standard InChI is InChI=1S/C53H70O7/c1-3-5-7-9-11-13-15-17-25-31-52(55)59-46-35-33-45(50(39-46)57-41-43-27-21-19-22-28-43)34-38-49(54)48-37-36-47(40-51(48)58-42-44-29-23-20-24-30-44)60-53(56)32-26-18-16-14-12-10-8-6-4-2/h19-24,27-30,33,35-37,39-40H,3-18,25-26,31-32,34,38,41-42H2,1-2H3. The third-order valence-corrected chi connectivity index (χ3v) is 10.8. The average Bonchev–Trinajstić information content (AvgIpc) is 3.26. The van der Waals surface area contributed by atoms with Gasteiger partial charge >= 0.3 is 11.9 Å². The van der Waals surface area contributed by atoms with Gasteiger partial charge in [-0.2, -0.15) is 0 Å². The molecule has 0 bridgehead atoms. The maximum atomic E-state index is 13.9. The Kier molecular flexibility index (Phi) is 23.4. The minimum atomic E-state index is -0.285. The van der Waals surface area contributed by atoms with Gasteiger partial charge in [-0.1, -0.05) is 183 Å². The van der Waals surface area contributed by atoms with Crippen molar-refractivity contribution >= 4 is 17.7 Å². The van der Waals surface area contributed by atoms with E-state index in [0.29, 0.717) is 54.4 Å². The van der Waals surface area contributed by atoms with Crippen LogP contribution >= 0.6 is 0 Å². The number of Topliss-reactive ketones (excluding diaryl/α,β-unsaturated/α-hetero) is 1. The van der Waals surface area contributed by atoms with Gasteiger partial charge in [0.25, 0.3) is 0 Å². The first kappa shape index (κ1) is 47.8. The van der Waals surface area contributed by atoms with E-state index in [0.717, 1.165) is 55.2 Å². The number of benzene rings is 4. The maximum Gasteiger partial charge on any atom is 0.311 e. The molecule has 7 heteroatoms. The molecule has 0 radical (unpaired) electrons. The molecule has 4 aromatic carbocycles. The lowest BCUT2D eigenvalue weighted by molar-refractivity contribution is -0.135. The summed E-state index contributed by atoms with van der Waals surface area (Å²) in [5.41, 5.74) is 3.20. The molecule has 0 saturated carbocycles. The number of rotatable bonds is 32. The van der Waals surface area contributed by atoms with Crippen LogP contribution in [0, 0.1) is 0 Å². The van der Waals surface area contributed by atoms with Gasteiger partial charge in [0.15, 0.2) is 5.78 Å². The molecule has 60 heavy (non-hydrogen) atoms. The van der Waals surface area contributed by atoms with E-state index in [4.69, 9.17) is 18.9 Å². The largest absolute Gasteiger partial charge is 0.488 e. The lowest BCUT2D eigenvalue weighted by atomic mass is 10.0. The lowest BCUT2D eigenvalue weighted by Gasteiger charge is -2.15. The third kappa shape index (κ3) is 19.4. The normalized spacial score (nSPS) is 11.0. The number of esters is 2. The number of aryl methyl sites for hydroxylation is 1. The fraction of sp³-hybridized carbons (Fsp3) is 0.491. The van der Waals surface area contributed by atoms with E-state index in [9.17, 15) is 14.4 Å². The number of hydrogen-bond acceptors (Lipinski definition) is 7. The van der Waals surface area contributed by atoms with Gasteiger partial charge in [-0.25, -0.2) is 0 Å². The van der Waals surface area contributed by atoms with Gasteiger partial charge < -0.3 is 18.9 Å². The molecular formula is C53H70O7. The number of hydrogen-bond donors (Lipinski definition) is 0. The molecule has 0 amide bonds. The van der Waals surface area contributed by atoms with E-state index in [1.165, 1.54) is 77.0 Å². The Bertz CT molecular complexity index is 1800. The summed E-state index contributed by atoms with van der Waals surface area (Å²) in [7, 11) is 0. The molecule has 0 aliphatic rings. The molecule has 0 aromatic heterocycles. The summed E-state index contributed by atoms with van der Waals surface area (Å²) in [6, 6.07) is 30.0. The monoisotopic (exact) mass is 819 g/mol. The second-order valence-electron chi connectivity index (χ2n) is 16.0. The quantitative estimate of drug-likeness (QED) is 0.0210. The summed E-state index contributed by atoms with van der Waals surface area (Å²) in [5.74, 6) is 1.06. The third-order valence-electron chi connectivity index (χ3n) is 10.8. The van der Waals surface area contributed by atoms with Gasteiger partial charge in [0.2, 0.25) is 0 Å². The first-order valence-electron chi connectivity index (χ1n) is 23.0. The van der Waals surface area contributed by atoms with E-state index in [-0.39, 0.29) is 30.7 Å². The van der Waals surface area contributed by atoms with Crippen LogP contribution in [0.3, 0.4) is 0 Å². The summed E-state index contributed by atoms with van der Waals surface area (Å²) in [5, 5.41) is 0. The minimum Gasteiger partial charge on any atom is -0.488 e. The second kappa shape index (κ2) is 29.3. The predicted octanol–water partition coefficient (Wildman–Crippen LogP) is 14.3. The number of ketones is 1. The Balaban J connectivity index is 1.36. The summed E-state index contributed by atoms with van der Waals surface area (Å²) >= 11 is 0. The van der Waals surface area contributed by atoms with Crippen molar-refractivity contribution in [1.29, 1.82) is 0 Å². The Morgan fingerprint density at radius 2 is 0.850 bits per heavy atom. The highest BCUT2D eigenvalue weighted by Gasteiger charge is 2.18. The van der Waals surface area contributed by atoms with Crippen molar-refractivity contribution in [3.63, 3.8) is 0 Å². The molecular weight excluding hydrogens is 749 g/mol. The van der Waals surface area contributed by atoms with Crippen molar-refractivity contribution in [2.75, 3.05) is 0 Å². The van der Waals surface area contributed by atoms with Crippen LogP contribution in [0.2, 0.25) is 0 Å². The van der Waals surface area contributed by atoms with Gasteiger partial charge in [-0.3, -0.25) is 14.4 Å². The first-order chi connectivity index (χ1) is 29.4. The molecule has 7 nitrogen and oxygen atoms in total. The van der Waals surface area contributed by atoms with Crippen LogP contribution in [-0.4, -0.2) is 17.7 Å². The summed E-state index contributed by atoms with van der Waals surface area (Å²) in [6.45, 7) is 5.05. The van der Waals surface area contributed by atoms with Crippen molar-refractivity contribution in [2.45, 2.75) is 168 Å². The van der Waals surface area contributed by atoms with E-state index < -0.39 is 0 Å². The van der Waals surface area contributed by atoms with Crippen molar-refractivity contribution in [3.8, 4) is 23.0 Å². The number of ether oxygens (including phenoxy) is 4. The zero-order chi connectivity index (χ0) is 42.5. The van der Waals surface area contributed by atoms with Gasteiger partial charge in [0.1, 0.15) is 36.2 Å². The van der Waals surface area contributed by atoms with E-state index in [1.54, 1.807) is 30.3 Å². The highest BCUT2D eigenvalue weighted by Crippen LogP contribution is 2.31. The zero-order valence-electron chi connectivity index (χ0n) is 36.6. The molecule has 4 rings (SSSR count). The Morgan fingerprint density at radius 3 is 1.33 bits per heavy atom. The SMILES string of the molecule is CCCCCCCCCCCC(=O)Oc1ccc(CCC(=O)c2ccc(OC(=O)CCCCCCCCCCC)cc2OCc2ccccc2)c(OCc2ccccc2)c1. The molecule has 0 spiro atoms. The van der Waals surface area contributed by atoms with E-state index >= 15 is 0 Å². The second-order valence-corrected chi connectivity index (χ2v) is 16.0. The number of unbranched alkanes of at least 4 members (excludes halogenated alkanes) is 16. The van der Waals surface area contributed by atoms with Crippen LogP contribution in [0.1, 0.15) is 176 Å². The molecule has 4 aromatic rings. The topological polar surface area (TPSA) is 88.1 Å². The lowest BCUT2D eigenvalue weighted by Crippen LogP contribution is -2.10. The smallest absolute Gasteiger partial charge is 0.311 e. The minimum absolute atomic E-state index is 0.115. The molecule has 324 valence electrons. The first-order valence-corrected chi connectivity index (χ1v) is 23.0. The summed E-state index contributed by atoms with van der Waals surface area (Å²) < 4.78 is 24.0. The van der Waals surface area contributed by atoms with Crippen LogP contribution in [-0.2, 0) is 29.2 Å². The van der Waals surface area contributed by atoms with Gasteiger partial charge in [0.05, 0.1) is 5.56 Å².